The van der Waals surface area contributed by atoms with E-state index in [4.69, 9.17) is 19.3 Å². The second-order valence-corrected chi connectivity index (χ2v) is 11.1. The number of hydrogen-bond donors (Lipinski definition) is 5. The van der Waals surface area contributed by atoms with E-state index in [-0.39, 0.29) is 60.2 Å². The highest BCUT2D eigenvalue weighted by molar-refractivity contribution is 7.32. The maximum atomic E-state index is 14.8. The predicted molar refractivity (Wildman–Crippen MR) is 173 cm³/mol. The van der Waals surface area contributed by atoms with E-state index < -0.39 is 25.9 Å². The Bertz CT molecular complexity index is 1780. The summed E-state index contributed by atoms with van der Waals surface area (Å²) in [5.41, 5.74) is 0.448. The van der Waals surface area contributed by atoms with Crippen LogP contribution in [0.3, 0.4) is 0 Å². The molecule has 17 heteroatoms. The molecule has 0 saturated carbocycles. The van der Waals surface area contributed by atoms with E-state index in [0.29, 0.717) is 41.2 Å². The third kappa shape index (κ3) is 8.44. The highest BCUT2D eigenvalue weighted by atomic mass is 31.1. The topological polar surface area (TPSA) is 173 Å². The van der Waals surface area contributed by atoms with E-state index in [1.165, 1.54) is 20.2 Å². The average molecular weight is 691 g/mol. The first-order valence-electron chi connectivity index (χ1n) is 14.9. The standard InChI is InChI=1S/C31H35F3N7O6P/c1-5-20-27(38-24-11-10-22(37-28(24)30(43)35-3)19-15-36-41(16-19)12-7-13-42)26(31(32,33)34)21(6-2)39-29(20)40-23-9-8-18(14-25(23)46-4)17-47-48(44)45/h8-11,14-16,42H,5-7,12-13,17H2,1-4H3,(H3-,35,38,39,40,43,44,45)/p+1. The van der Waals surface area contributed by atoms with Crippen molar-refractivity contribution in [1.82, 2.24) is 25.1 Å². The van der Waals surface area contributed by atoms with Gasteiger partial charge in [0, 0.05) is 42.1 Å². The molecule has 0 aliphatic rings. The third-order valence-corrected chi connectivity index (χ3v) is 7.63. The fourth-order valence-corrected chi connectivity index (χ4v) is 5.26. The molecule has 256 valence electrons. The fraction of sp³-hybridized carbons (Fsp3) is 0.355. The fourth-order valence-electron chi connectivity index (χ4n) is 5.00. The number of methoxy groups -OCH3 is 1. The van der Waals surface area contributed by atoms with Crippen molar-refractivity contribution < 1.29 is 41.8 Å². The van der Waals surface area contributed by atoms with Crippen molar-refractivity contribution >= 4 is 37.0 Å². The lowest BCUT2D eigenvalue weighted by Crippen LogP contribution is -2.22. The summed E-state index contributed by atoms with van der Waals surface area (Å²) in [6.45, 7) is 3.54. The molecule has 0 saturated heterocycles. The number of pyridine rings is 2. The number of nitrogens with zero attached hydrogens (tertiary/aromatic N) is 4. The van der Waals surface area contributed by atoms with Gasteiger partial charge < -0.3 is 25.8 Å². The largest absolute Gasteiger partial charge is 0.695 e. The second kappa shape index (κ2) is 16.0. The zero-order chi connectivity index (χ0) is 35.0. The van der Waals surface area contributed by atoms with Crippen molar-refractivity contribution in [3.05, 3.63) is 70.8 Å². The molecule has 3 aromatic heterocycles. The van der Waals surface area contributed by atoms with Crippen LogP contribution in [0.1, 0.15) is 53.1 Å². The summed E-state index contributed by atoms with van der Waals surface area (Å²) in [5, 5.41) is 21.9. The lowest BCUT2D eigenvalue weighted by atomic mass is 10.0. The summed E-state index contributed by atoms with van der Waals surface area (Å²) in [5.74, 6) is -0.199. The van der Waals surface area contributed by atoms with Crippen LogP contribution in [0.5, 0.6) is 5.75 Å². The van der Waals surface area contributed by atoms with Gasteiger partial charge in [0.2, 0.25) is 0 Å². The van der Waals surface area contributed by atoms with Gasteiger partial charge in [0.15, 0.2) is 5.69 Å². The number of carbonyl (C=O) groups excluding carboxylic acids is 1. The predicted octanol–water partition coefficient (Wildman–Crippen LogP) is 5.89. The van der Waals surface area contributed by atoms with E-state index >= 15 is 0 Å². The Kier molecular flexibility index (Phi) is 12.1. The van der Waals surface area contributed by atoms with Crippen molar-refractivity contribution in [1.29, 1.82) is 0 Å². The minimum Gasteiger partial charge on any atom is -0.495 e. The zero-order valence-electron chi connectivity index (χ0n) is 26.7. The molecule has 4 aromatic rings. The van der Waals surface area contributed by atoms with Crippen LogP contribution < -0.4 is 20.7 Å². The number of benzene rings is 1. The van der Waals surface area contributed by atoms with Gasteiger partial charge >= 0.3 is 14.4 Å². The van der Waals surface area contributed by atoms with E-state index in [1.807, 2.05) is 0 Å². The van der Waals surface area contributed by atoms with Crippen LogP contribution in [0, 0.1) is 0 Å². The van der Waals surface area contributed by atoms with Gasteiger partial charge in [-0.15, -0.1) is 9.42 Å². The molecule has 1 amide bonds. The first kappa shape index (κ1) is 36.2. The molecule has 0 aliphatic carbocycles. The molecule has 0 spiro atoms. The van der Waals surface area contributed by atoms with Crippen molar-refractivity contribution in [3.8, 4) is 17.0 Å². The molecule has 1 aromatic carbocycles. The number of aryl methyl sites for hydroxylation is 2. The van der Waals surface area contributed by atoms with Gasteiger partial charge in [-0.1, -0.05) is 19.9 Å². The van der Waals surface area contributed by atoms with Gasteiger partial charge in [-0.3, -0.25) is 9.48 Å². The lowest BCUT2D eigenvalue weighted by molar-refractivity contribution is -0.137. The number of anilines is 4. The summed E-state index contributed by atoms with van der Waals surface area (Å²) < 4.78 is 67.2. The number of nitrogens with one attached hydrogen (secondary N) is 3. The Hall–Kier alpha value is -4.63. The van der Waals surface area contributed by atoms with Crippen LogP contribution in [0.25, 0.3) is 11.3 Å². The molecule has 3 heterocycles. The Balaban J connectivity index is 1.83. The summed E-state index contributed by atoms with van der Waals surface area (Å²) in [6.07, 6.45) is -1.02. The summed E-state index contributed by atoms with van der Waals surface area (Å²) >= 11 is 0. The molecule has 48 heavy (non-hydrogen) atoms. The van der Waals surface area contributed by atoms with Crippen LogP contribution in [0.15, 0.2) is 42.7 Å². The van der Waals surface area contributed by atoms with Crippen LogP contribution in [-0.2, 0) is 41.3 Å². The molecule has 0 bridgehead atoms. The molecule has 1 atom stereocenters. The highest BCUT2D eigenvalue weighted by Gasteiger charge is 2.39. The van der Waals surface area contributed by atoms with Gasteiger partial charge in [0.1, 0.15) is 23.7 Å². The highest BCUT2D eigenvalue weighted by Crippen LogP contribution is 2.44. The van der Waals surface area contributed by atoms with Crippen molar-refractivity contribution in [2.45, 2.75) is 52.4 Å². The summed E-state index contributed by atoms with van der Waals surface area (Å²) in [4.78, 5) is 30.9. The van der Waals surface area contributed by atoms with Crippen LogP contribution in [-0.4, -0.2) is 56.4 Å². The number of hydrogen-bond acceptors (Lipinski definition) is 10. The third-order valence-electron chi connectivity index (χ3n) is 7.28. The van der Waals surface area contributed by atoms with Gasteiger partial charge in [-0.05, 0) is 49.1 Å². The van der Waals surface area contributed by atoms with Crippen LogP contribution in [0.2, 0.25) is 0 Å². The van der Waals surface area contributed by atoms with Gasteiger partial charge in [-0.25, -0.2) is 9.97 Å². The zero-order valence-corrected chi connectivity index (χ0v) is 27.6. The first-order valence-corrected chi connectivity index (χ1v) is 16.1. The SMILES string of the molecule is CCc1nc(Nc2ccc(CO[P+](=O)O)cc2OC)c(CC)c(Nc2ccc(-c3cnn(CCCO)c3)nc2C(=O)NC)c1C(F)(F)F. The molecule has 0 radical (unpaired) electrons. The Morgan fingerprint density at radius 1 is 1.08 bits per heavy atom. The average Bonchev–Trinajstić information content (AvgIpc) is 3.54. The first-order chi connectivity index (χ1) is 22.9. The number of aliphatic hydroxyl groups excluding tert-OH is 1. The number of ether oxygens (including phenoxy) is 1. The smallest absolute Gasteiger partial charge is 0.495 e. The molecule has 13 nitrogen and oxygen atoms in total. The number of carbonyl (C=O) groups is 1. The molecule has 0 fully saturated rings. The van der Waals surface area contributed by atoms with Crippen molar-refractivity contribution in [2.24, 2.45) is 0 Å². The Labute approximate surface area is 275 Å². The van der Waals surface area contributed by atoms with Gasteiger partial charge in [-0.2, -0.15) is 18.3 Å². The minimum atomic E-state index is -4.81. The summed E-state index contributed by atoms with van der Waals surface area (Å²) in [7, 11) is -0.0188. The Morgan fingerprint density at radius 2 is 1.83 bits per heavy atom. The summed E-state index contributed by atoms with van der Waals surface area (Å²) in [6, 6.07) is 7.83. The number of halogens is 3. The van der Waals surface area contributed by atoms with E-state index in [9.17, 15) is 22.5 Å². The maximum absolute atomic E-state index is 14.8. The number of aliphatic hydroxyl groups is 1. The van der Waals surface area contributed by atoms with Crippen molar-refractivity contribution in [2.75, 3.05) is 31.4 Å². The maximum Gasteiger partial charge on any atom is 0.695 e. The second-order valence-electron chi connectivity index (χ2n) is 10.4. The van der Waals surface area contributed by atoms with Gasteiger partial charge in [0.05, 0.1) is 41.8 Å². The molecule has 1 unspecified atom stereocenters. The lowest BCUT2D eigenvalue weighted by Gasteiger charge is -2.24. The molecule has 5 N–H and O–H groups in total. The molecular weight excluding hydrogens is 654 g/mol. The van der Waals surface area contributed by atoms with Crippen molar-refractivity contribution in [3.63, 3.8) is 0 Å². The minimum absolute atomic E-state index is 0.00857. The number of rotatable bonds is 15. The number of amides is 1. The quantitative estimate of drug-likeness (QED) is 0.0942. The van der Waals surface area contributed by atoms with E-state index in [0.717, 1.165) is 0 Å². The number of alkyl halides is 3. The van der Waals surface area contributed by atoms with Gasteiger partial charge in [0.25, 0.3) is 5.91 Å². The normalized spacial score (nSPS) is 11.7. The van der Waals surface area contributed by atoms with Crippen LogP contribution in [0.4, 0.5) is 36.1 Å². The van der Waals surface area contributed by atoms with E-state index in [2.05, 4.69) is 31.0 Å². The molecule has 4 rings (SSSR count). The van der Waals surface area contributed by atoms with E-state index in [1.54, 1.807) is 55.2 Å². The number of aromatic nitrogens is 4. The van der Waals surface area contributed by atoms with Crippen LogP contribution >= 0.6 is 8.25 Å². The molecular formula is C31H36F3N7O6P+. The molecule has 0 aliphatic heterocycles. The monoisotopic (exact) mass is 690 g/mol. The Morgan fingerprint density at radius 3 is 2.46 bits per heavy atom.